The van der Waals surface area contributed by atoms with Crippen molar-refractivity contribution in [1.29, 1.82) is 5.26 Å². The van der Waals surface area contributed by atoms with Gasteiger partial charge in [-0.1, -0.05) is 13.3 Å². The van der Waals surface area contributed by atoms with Gasteiger partial charge in [0.15, 0.2) is 0 Å². The molecule has 0 radical (unpaired) electrons. The van der Waals surface area contributed by atoms with Crippen LogP contribution < -0.4 is 0 Å². The highest BCUT2D eigenvalue weighted by Crippen LogP contribution is 2.15. The summed E-state index contributed by atoms with van der Waals surface area (Å²) in [5, 5.41) is 8.76. The molecule has 0 saturated carbocycles. The SMILES string of the molecule is CCCCn1cnc2cc(C#N)ccc21. The van der Waals surface area contributed by atoms with Gasteiger partial charge < -0.3 is 4.57 Å². The fraction of sp³-hybridized carbons (Fsp3) is 0.333. The second-order valence-corrected chi connectivity index (χ2v) is 3.61. The third-order valence-corrected chi connectivity index (χ3v) is 2.50. The Morgan fingerprint density at radius 2 is 2.33 bits per heavy atom. The molecule has 0 N–H and O–H groups in total. The van der Waals surface area contributed by atoms with Crippen LogP contribution in [0.4, 0.5) is 0 Å². The topological polar surface area (TPSA) is 41.6 Å². The smallest absolute Gasteiger partial charge is 0.0992 e. The summed E-state index contributed by atoms with van der Waals surface area (Å²) in [6, 6.07) is 7.76. The predicted molar refractivity (Wildman–Crippen MR) is 59.4 cm³/mol. The summed E-state index contributed by atoms with van der Waals surface area (Å²) in [4.78, 5) is 4.29. The van der Waals surface area contributed by atoms with E-state index < -0.39 is 0 Å². The van der Waals surface area contributed by atoms with Gasteiger partial charge in [0, 0.05) is 6.54 Å². The van der Waals surface area contributed by atoms with Gasteiger partial charge in [0.05, 0.1) is 29.0 Å². The Morgan fingerprint density at radius 3 is 3.07 bits per heavy atom. The fourth-order valence-corrected chi connectivity index (χ4v) is 1.64. The lowest BCUT2D eigenvalue weighted by Gasteiger charge is -2.01. The van der Waals surface area contributed by atoms with Gasteiger partial charge in [-0.2, -0.15) is 5.26 Å². The van der Waals surface area contributed by atoms with Crippen molar-refractivity contribution < 1.29 is 0 Å². The van der Waals surface area contributed by atoms with Crippen LogP contribution >= 0.6 is 0 Å². The van der Waals surface area contributed by atoms with E-state index in [0.717, 1.165) is 24.0 Å². The van der Waals surface area contributed by atoms with Crippen molar-refractivity contribution >= 4 is 11.0 Å². The molecular weight excluding hydrogens is 186 g/mol. The minimum absolute atomic E-state index is 0.670. The first-order valence-corrected chi connectivity index (χ1v) is 5.20. The van der Waals surface area contributed by atoms with Crippen LogP contribution in [0.15, 0.2) is 24.5 Å². The van der Waals surface area contributed by atoms with Gasteiger partial charge in [0.2, 0.25) is 0 Å². The normalized spacial score (nSPS) is 10.4. The summed E-state index contributed by atoms with van der Waals surface area (Å²) in [7, 11) is 0. The molecule has 1 heterocycles. The largest absolute Gasteiger partial charge is 0.331 e. The standard InChI is InChI=1S/C12H13N3/c1-2-3-6-15-9-14-11-7-10(8-13)4-5-12(11)15/h4-5,7,9H,2-3,6H2,1H3. The van der Waals surface area contributed by atoms with Gasteiger partial charge in [-0.25, -0.2) is 4.98 Å². The van der Waals surface area contributed by atoms with Crippen molar-refractivity contribution in [3.8, 4) is 6.07 Å². The molecule has 3 nitrogen and oxygen atoms in total. The molecule has 1 aromatic heterocycles. The first-order chi connectivity index (χ1) is 7.35. The fourth-order valence-electron chi connectivity index (χ4n) is 1.64. The van der Waals surface area contributed by atoms with E-state index in [2.05, 4.69) is 22.5 Å². The Balaban J connectivity index is 2.39. The molecule has 0 atom stereocenters. The van der Waals surface area contributed by atoms with Gasteiger partial charge in [-0.05, 0) is 24.6 Å². The van der Waals surface area contributed by atoms with Crippen molar-refractivity contribution in [2.75, 3.05) is 0 Å². The molecular formula is C12H13N3. The monoisotopic (exact) mass is 199 g/mol. The first kappa shape index (κ1) is 9.72. The molecule has 15 heavy (non-hydrogen) atoms. The van der Waals surface area contributed by atoms with Gasteiger partial charge in [-0.15, -0.1) is 0 Å². The van der Waals surface area contributed by atoms with Crippen LogP contribution in [0.3, 0.4) is 0 Å². The molecule has 0 saturated heterocycles. The quantitative estimate of drug-likeness (QED) is 0.762. The number of hydrogen-bond donors (Lipinski definition) is 0. The van der Waals surface area contributed by atoms with E-state index in [1.165, 1.54) is 6.42 Å². The molecule has 1 aromatic carbocycles. The molecule has 2 aromatic rings. The molecule has 0 unspecified atom stereocenters. The second kappa shape index (κ2) is 4.14. The Hall–Kier alpha value is -1.82. The third kappa shape index (κ3) is 1.84. The molecule has 76 valence electrons. The van der Waals surface area contributed by atoms with Crippen LogP contribution in [0, 0.1) is 11.3 Å². The first-order valence-electron chi connectivity index (χ1n) is 5.20. The number of imidazole rings is 1. The zero-order valence-electron chi connectivity index (χ0n) is 8.77. The van der Waals surface area contributed by atoms with Crippen molar-refractivity contribution in [2.24, 2.45) is 0 Å². The van der Waals surface area contributed by atoms with Gasteiger partial charge >= 0.3 is 0 Å². The number of nitriles is 1. The zero-order chi connectivity index (χ0) is 10.7. The van der Waals surface area contributed by atoms with Gasteiger partial charge in [0.25, 0.3) is 0 Å². The molecule has 0 aliphatic rings. The van der Waals surface area contributed by atoms with E-state index in [1.54, 1.807) is 0 Å². The van der Waals surface area contributed by atoms with Crippen molar-refractivity contribution in [3.63, 3.8) is 0 Å². The summed E-state index contributed by atoms with van der Waals surface area (Å²) < 4.78 is 2.14. The maximum atomic E-state index is 8.76. The van der Waals surface area contributed by atoms with Gasteiger partial charge in [-0.3, -0.25) is 0 Å². The van der Waals surface area contributed by atoms with Crippen LogP contribution in [0.2, 0.25) is 0 Å². The second-order valence-electron chi connectivity index (χ2n) is 3.61. The summed E-state index contributed by atoms with van der Waals surface area (Å²) in [6.45, 7) is 3.17. The Kier molecular flexibility index (Phi) is 2.68. The van der Waals surface area contributed by atoms with Crippen molar-refractivity contribution in [1.82, 2.24) is 9.55 Å². The van der Waals surface area contributed by atoms with Crippen LogP contribution in [0.1, 0.15) is 25.3 Å². The number of benzene rings is 1. The third-order valence-electron chi connectivity index (χ3n) is 2.50. The van der Waals surface area contributed by atoms with E-state index >= 15 is 0 Å². The highest BCUT2D eigenvalue weighted by Gasteiger charge is 2.02. The van der Waals surface area contributed by atoms with Crippen LogP contribution in [0.5, 0.6) is 0 Å². The summed E-state index contributed by atoms with van der Waals surface area (Å²) >= 11 is 0. The van der Waals surface area contributed by atoms with Crippen LogP contribution in [-0.4, -0.2) is 9.55 Å². The predicted octanol–water partition coefficient (Wildman–Crippen LogP) is 2.71. The lowest BCUT2D eigenvalue weighted by atomic mass is 10.2. The number of aryl methyl sites for hydroxylation is 1. The summed E-state index contributed by atoms with van der Waals surface area (Å²) in [5.41, 5.74) is 2.69. The average Bonchev–Trinajstić information content (AvgIpc) is 2.68. The minimum atomic E-state index is 0.670. The number of hydrogen-bond acceptors (Lipinski definition) is 2. The minimum Gasteiger partial charge on any atom is -0.331 e. The number of nitrogens with zero attached hydrogens (tertiary/aromatic N) is 3. The lowest BCUT2D eigenvalue weighted by Crippen LogP contribution is -1.94. The average molecular weight is 199 g/mol. The van der Waals surface area contributed by atoms with E-state index in [4.69, 9.17) is 5.26 Å². The maximum Gasteiger partial charge on any atom is 0.0992 e. The van der Waals surface area contributed by atoms with Crippen LogP contribution in [0.25, 0.3) is 11.0 Å². The Bertz CT molecular complexity index is 505. The Labute approximate surface area is 89.0 Å². The number of rotatable bonds is 3. The maximum absolute atomic E-state index is 8.76. The lowest BCUT2D eigenvalue weighted by molar-refractivity contribution is 0.646. The molecule has 0 aliphatic heterocycles. The number of fused-ring (bicyclic) bond motifs is 1. The zero-order valence-corrected chi connectivity index (χ0v) is 8.77. The molecule has 0 spiro atoms. The molecule has 0 fully saturated rings. The molecule has 2 rings (SSSR count). The van der Waals surface area contributed by atoms with E-state index in [0.29, 0.717) is 5.56 Å². The number of unbranched alkanes of at least 4 members (excludes halogenated alkanes) is 1. The summed E-state index contributed by atoms with van der Waals surface area (Å²) in [6.07, 6.45) is 4.18. The molecule has 3 heteroatoms. The van der Waals surface area contributed by atoms with Gasteiger partial charge in [0.1, 0.15) is 0 Å². The molecule has 0 bridgehead atoms. The molecule has 0 aliphatic carbocycles. The molecule has 0 amide bonds. The highest BCUT2D eigenvalue weighted by molar-refractivity contribution is 5.76. The number of aromatic nitrogens is 2. The highest BCUT2D eigenvalue weighted by atomic mass is 15.0. The van der Waals surface area contributed by atoms with Crippen molar-refractivity contribution in [2.45, 2.75) is 26.3 Å². The van der Waals surface area contributed by atoms with E-state index in [-0.39, 0.29) is 0 Å². The van der Waals surface area contributed by atoms with E-state index in [1.807, 2.05) is 24.5 Å². The van der Waals surface area contributed by atoms with Crippen molar-refractivity contribution in [3.05, 3.63) is 30.1 Å². The van der Waals surface area contributed by atoms with E-state index in [9.17, 15) is 0 Å². The summed E-state index contributed by atoms with van der Waals surface area (Å²) in [5.74, 6) is 0. The van der Waals surface area contributed by atoms with Crippen LogP contribution in [-0.2, 0) is 6.54 Å². The Morgan fingerprint density at radius 1 is 1.47 bits per heavy atom.